The third-order valence-corrected chi connectivity index (χ3v) is 4.55. The lowest BCUT2D eigenvalue weighted by molar-refractivity contribution is -0.143. The molecule has 1 aliphatic rings. The predicted molar refractivity (Wildman–Crippen MR) is 71.2 cm³/mol. The molecule has 1 aliphatic heterocycles. The summed E-state index contributed by atoms with van der Waals surface area (Å²) in [6.45, 7) is 0. The van der Waals surface area contributed by atoms with Crippen LogP contribution in [0.2, 0.25) is 5.02 Å². The molecule has 1 saturated heterocycles. The zero-order chi connectivity index (χ0) is 14.0. The van der Waals surface area contributed by atoms with Crippen LogP contribution < -0.4 is 5.32 Å². The van der Waals surface area contributed by atoms with Crippen LogP contribution in [-0.4, -0.2) is 34.0 Å². The van der Waals surface area contributed by atoms with Crippen molar-refractivity contribution in [3.63, 3.8) is 0 Å². The number of carboxylic acids is 1. The summed E-state index contributed by atoms with van der Waals surface area (Å²) in [5, 5.41) is 11.4. The molecule has 2 rings (SSSR count). The molecule has 4 nitrogen and oxygen atoms in total. The second-order valence-electron chi connectivity index (χ2n) is 4.25. The van der Waals surface area contributed by atoms with Crippen molar-refractivity contribution >= 4 is 35.2 Å². The van der Waals surface area contributed by atoms with E-state index < -0.39 is 23.2 Å². The number of hydrogen-bond acceptors (Lipinski definition) is 3. The number of halogens is 2. The lowest BCUT2D eigenvalue weighted by Crippen LogP contribution is -2.54. The molecule has 1 fully saturated rings. The number of rotatable bonds is 3. The number of carbonyl (C=O) groups is 2. The normalized spacial score (nSPS) is 22.2. The Kier molecular flexibility index (Phi) is 4.01. The number of carboxylic acid groups (broad SMARTS) is 1. The molecule has 0 radical (unpaired) electrons. The summed E-state index contributed by atoms with van der Waals surface area (Å²) >= 11 is 7.16. The lowest BCUT2D eigenvalue weighted by Gasteiger charge is -2.24. The third-order valence-electron chi connectivity index (χ3n) is 2.98. The smallest absolute Gasteiger partial charge is 0.330 e. The number of benzene rings is 1. The Morgan fingerprint density at radius 2 is 2.21 bits per heavy atom. The van der Waals surface area contributed by atoms with Crippen molar-refractivity contribution in [1.82, 2.24) is 5.32 Å². The highest BCUT2D eigenvalue weighted by molar-refractivity contribution is 7.99. The van der Waals surface area contributed by atoms with E-state index in [0.717, 1.165) is 6.07 Å². The first-order chi connectivity index (χ1) is 8.96. The fourth-order valence-electron chi connectivity index (χ4n) is 1.85. The van der Waals surface area contributed by atoms with Gasteiger partial charge in [-0.15, -0.1) is 0 Å². The Hall–Kier alpha value is -1.27. The highest BCUT2D eigenvalue weighted by Crippen LogP contribution is 2.29. The van der Waals surface area contributed by atoms with Gasteiger partial charge in [0.15, 0.2) is 0 Å². The van der Waals surface area contributed by atoms with Gasteiger partial charge in [0.2, 0.25) is 0 Å². The summed E-state index contributed by atoms with van der Waals surface area (Å²) in [5.74, 6) is -1.52. The maximum absolute atomic E-state index is 13.3. The lowest BCUT2D eigenvalue weighted by atomic mass is 9.98. The van der Waals surface area contributed by atoms with E-state index >= 15 is 0 Å². The summed E-state index contributed by atoms with van der Waals surface area (Å²) < 4.78 is 13.3. The van der Waals surface area contributed by atoms with Gasteiger partial charge < -0.3 is 10.4 Å². The van der Waals surface area contributed by atoms with Crippen molar-refractivity contribution in [2.75, 3.05) is 11.5 Å². The first-order valence-electron chi connectivity index (χ1n) is 5.54. The van der Waals surface area contributed by atoms with E-state index in [9.17, 15) is 19.1 Å². The van der Waals surface area contributed by atoms with E-state index in [4.69, 9.17) is 11.6 Å². The number of thioether (sulfide) groups is 1. The SMILES string of the molecule is O=C(NC1(C(=O)O)CCSC1)c1cccc(F)c1Cl. The molecule has 0 aromatic heterocycles. The van der Waals surface area contributed by atoms with Crippen LogP contribution >= 0.6 is 23.4 Å². The summed E-state index contributed by atoms with van der Waals surface area (Å²) in [6.07, 6.45) is 0.339. The summed E-state index contributed by atoms with van der Waals surface area (Å²) in [5.41, 5.74) is -1.35. The van der Waals surface area contributed by atoms with E-state index in [-0.39, 0.29) is 10.6 Å². The zero-order valence-electron chi connectivity index (χ0n) is 9.78. The molecule has 0 saturated carbocycles. The highest BCUT2D eigenvalue weighted by Gasteiger charge is 2.43. The van der Waals surface area contributed by atoms with Crippen LogP contribution in [0.5, 0.6) is 0 Å². The molecule has 19 heavy (non-hydrogen) atoms. The van der Waals surface area contributed by atoms with Crippen LogP contribution in [0.3, 0.4) is 0 Å². The molecule has 0 spiro atoms. The van der Waals surface area contributed by atoms with Gasteiger partial charge in [-0.2, -0.15) is 11.8 Å². The van der Waals surface area contributed by atoms with Gasteiger partial charge >= 0.3 is 5.97 Å². The fraction of sp³-hybridized carbons (Fsp3) is 0.333. The largest absolute Gasteiger partial charge is 0.479 e. The molecular weight excluding hydrogens is 293 g/mol. The number of nitrogens with one attached hydrogen (secondary N) is 1. The second kappa shape index (κ2) is 5.38. The first-order valence-corrected chi connectivity index (χ1v) is 7.07. The molecule has 2 N–H and O–H groups in total. The second-order valence-corrected chi connectivity index (χ2v) is 5.73. The van der Waals surface area contributed by atoms with Gasteiger partial charge in [-0.05, 0) is 24.3 Å². The molecule has 0 bridgehead atoms. The van der Waals surface area contributed by atoms with Gasteiger partial charge in [0, 0.05) is 5.75 Å². The van der Waals surface area contributed by atoms with Crippen LogP contribution in [0.15, 0.2) is 18.2 Å². The maximum atomic E-state index is 13.3. The van der Waals surface area contributed by atoms with Crippen LogP contribution in [-0.2, 0) is 4.79 Å². The maximum Gasteiger partial charge on any atom is 0.330 e. The minimum absolute atomic E-state index is 0.0563. The van der Waals surface area contributed by atoms with E-state index in [0.29, 0.717) is 17.9 Å². The Bertz CT molecular complexity index is 532. The van der Waals surface area contributed by atoms with Crippen molar-refractivity contribution in [3.8, 4) is 0 Å². The topological polar surface area (TPSA) is 66.4 Å². The standard InChI is InChI=1S/C12H11ClFNO3S/c13-9-7(2-1-3-8(9)14)10(16)15-12(11(17)18)4-5-19-6-12/h1-3H,4-6H2,(H,15,16)(H,17,18). The summed E-state index contributed by atoms with van der Waals surface area (Å²) in [6, 6.07) is 3.85. The minimum Gasteiger partial charge on any atom is -0.479 e. The van der Waals surface area contributed by atoms with Crippen LogP contribution in [0, 0.1) is 5.82 Å². The molecular formula is C12H11ClFNO3S. The van der Waals surface area contributed by atoms with Gasteiger partial charge in [-0.3, -0.25) is 4.79 Å². The Morgan fingerprint density at radius 3 is 2.79 bits per heavy atom. The van der Waals surface area contributed by atoms with Crippen LogP contribution in [0.25, 0.3) is 0 Å². The van der Waals surface area contributed by atoms with Gasteiger partial charge in [0.25, 0.3) is 5.91 Å². The molecule has 1 amide bonds. The molecule has 0 aliphatic carbocycles. The molecule has 1 unspecified atom stereocenters. The van der Waals surface area contributed by atoms with Crippen molar-refractivity contribution in [3.05, 3.63) is 34.6 Å². The molecule has 1 atom stereocenters. The molecule has 1 heterocycles. The molecule has 1 aromatic carbocycles. The van der Waals surface area contributed by atoms with Gasteiger partial charge in [0.1, 0.15) is 11.4 Å². The Balaban J connectivity index is 2.25. The van der Waals surface area contributed by atoms with Crippen molar-refractivity contribution in [2.24, 2.45) is 0 Å². The average Bonchev–Trinajstić information content (AvgIpc) is 2.82. The van der Waals surface area contributed by atoms with Gasteiger partial charge in [-0.1, -0.05) is 17.7 Å². The summed E-state index contributed by atoms with van der Waals surface area (Å²) in [4.78, 5) is 23.4. The van der Waals surface area contributed by atoms with Gasteiger partial charge in [-0.25, -0.2) is 9.18 Å². The zero-order valence-corrected chi connectivity index (χ0v) is 11.4. The van der Waals surface area contributed by atoms with E-state index in [1.165, 1.54) is 23.9 Å². The highest BCUT2D eigenvalue weighted by atomic mass is 35.5. The number of hydrogen-bond donors (Lipinski definition) is 2. The van der Waals surface area contributed by atoms with Crippen LogP contribution in [0.4, 0.5) is 4.39 Å². The number of amides is 1. The van der Waals surface area contributed by atoms with Crippen molar-refractivity contribution < 1.29 is 19.1 Å². The van der Waals surface area contributed by atoms with Crippen LogP contribution in [0.1, 0.15) is 16.8 Å². The summed E-state index contributed by atoms with van der Waals surface area (Å²) in [7, 11) is 0. The van der Waals surface area contributed by atoms with Crippen molar-refractivity contribution in [2.45, 2.75) is 12.0 Å². The third kappa shape index (κ3) is 2.69. The molecule has 102 valence electrons. The number of carbonyl (C=O) groups excluding carboxylic acids is 1. The van der Waals surface area contributed by atoms with Gasteiger partial charge in [0.05, 0.1) is 10.6 Å². The average molecular weight is 304 g/mol. The number of aliphatic carboxylic acids is 1. The molecule has 1 aromatic rings. The monoisotopic (exact) mass is 303 g/mol. The van der Waals surface area contributed by atoms with E-state index in [1.807, 2.05) is 0 Å². The predicted octanol–water partition coefficient (Wildman–Crippen LogP) is 2.17. The molecule has 7 heteroatoms. The van der Waals surface area contributed by atoms with E-state index in [1.54, 1.807) is 0 Å². The minimum atomic E-state index is -1.29. The first kappa shape index (κ1) is 14.1. The Labute approximate surface area is 118 Å². The van der Waals surface area contributed by atoms with Crippen molar-refractivity contribution in [1.29, 1.82) is 0 Å². The Morgan fingerprint density at radius 1 is 1.47 bits per heavy atom. The van der Waals surface area contributed by atoms with E-state index in [2.05, 4.69) is 5.32 Å². The fourth-order valence-corrected chi connectivity index (χ4v) is 3.39. The quantitative estimate of drug-likeness (QED) is 0.898.